The Morgan fingerprint density at radius 1 is 1.08 bits per heavy atom. The molecule has 1 amide bonds. The number of carbonyl (C=O) groups is 1. The van der Waals surface area contributed by atoms with Gasteiger partial charge in [0, 0.05) is 0 Å². The van der Waals surface area contributed by atoms with E-state index in [0.29, 0.717) is 24.9 Å². The van der Waals surface area contributed by atoms with E-state index in [9.17, 15) is 4.79 Å². The lowest BCUT2D eigenvalue weighted by Crippen LogP contribution is -2.33. The maximum Gasteiger partial charge on any atom is 0.298 e. The summed E-state index contributed by atoms with van der Waals surface area (Å²) in [5.74, 6) is -0.0379. The monoisotopic (exact) mass is 352 g/mol. The number of para-hydroxylation sites is 1. The summed E-state index contributed by atoms with van der Waals surface area (Å²) in [5.41, 5.74) is 1.90. The highest BCUT2D eigenvalue weighted by atomic mass is 32.1. The number of anilines is 1. The van der Waals surface area contributed by atoms with Crippen LogP contribution in [0.4, 0.5) is 5.13 Å². The molecule has 5 nitrogen and oxygen atoms in total. The van der Waals surface area contributed by atoms with Crippen LogP contribution < -0.4 is 4.90 Å². The highest BCUT2D eigenvalue weighted by Gasteiger charge is 2.26. The Bertz CT molecular complexity index is 888. The molecular weight excluding hydrogens is 336 g/mol. The Balaban J connectivity index is 1.72. The lowest BCUT2D eigenvalue weighted by atomic mass is 10.2. The molecular formula is C19H16N2O3S. The first-order chi connectivity index (χ1) is 12.3. The van der Waals surface area contributed by atoms with Crippen molar-refractivity contribution in [2.75, 3.05) is 18.1 Å². The van der Waals surface area contributed by atoms with Gasteiger partial charge in [0.05, 0.1) is 16.8 Å². The van der Waals surface area contributed by atoms with Gasteiger partial charge in [-0.05, 0) is 17.7 Å². The van der Waals surface area contributed by atoms with Gasteiger partial charge >= 0.3 is 0 Å². The fraction of sp³-hybridized carbons (Fsp3) is 0.158. The van der Waals surface area contributed by atoms with Gasteiger partial charge in [0.25, 0.3) is 5.91 Å². The number of nitrogens with zero attached hydrogens (tertiary/aromatic N) is 2. The fourth-order valence-electron chi connectivity index (χ4n) is 2.58. The van der Waals surface area contributed by atoms with Crippen LogP contribution in [0.1, 0.15) is 5.56 Å². The van der Waals surface area contributed by atoms with Gasteiger partial charge in [-0.2, -0.15) is 0 Å². The summed E-state index contributed by atoms with van der Waals surface area (Å²) in [4.78, 5) is 19.3. The van der Waals surface area contributed by atoms with Crippen LogP contribution >= 0.6 is 11.3 Å². The highest BCUT2D eigenvalue weighted by Crippen LogP contribution is 2.30. The van der Waals surface area contributed by atoms with Crippen LogP contribution in [0.15, 0.2) is 66.6 Å². The number of rotatable bonds is 4. The van der Waals surface area contributed by atoms with E-state index < -0.39 is 0 Å². The first-order valence-corrected chi connectivity index (χ1v) is 8.79. The van der Waals surface area contributed by atoms with E-state index in [4.69, 9.17) is 9.47 Å². The summed E-state index contributed by atoms with van der Waals surface area (Å²) in [6, 6.07) is 17.7. The molecule has 0 bridgehead atoms. The zero-order valence-electron chi connectivity index (χ0n) is 13.4. The normalized spacial score (nSPS) is 13.7. The van der Waals surface area contributed by atoms with Crippen LogP contribution in [0.5, 0.6) is 0 Å². The predicted molar refractivity (Wildman–Crippen MR) is 97.2 cm³/mol. The number of fused-ring (bicyclic) bond motifs is 1. The van der Waals surface area contributed by atoms with Crippen molar-refractivity contribution >= 4 is 32.6 Å². The summed E-state index contributed by atoms with van der Waals surface area (Å²) >= 11 is 1.49. The van der Waals surface area contributed by atoms with Crippen LogP contribution in [0.3, 0.4) is 0 Å². The lowest BCUT2D eigenvalue weighted by molar-refractivity contribution is -0.119. The van der Waals surface area contributed by atoms with Crippen molar-refractivity contribution < 1.29 is 14.3 Å². The van der Waals surface area contributed by atoms with Gasteiger partial charge < -0.3 is 9.47 Å². The van der Waals surface area contributed by atoms with E-state index in [1.54, 1.807) is 4.90 Å². The molecule has 25 heavy (non-hydrogen) atoms. The standard InChI is InChI=1S/C19H16N2O3S/c22-18(16-13-23-10-11-24-16)21(12-14-6-2-1-3-7-14)19-20-15-8-4-5-9-17(15)25-19/h1-9,13H,10-12H2. The van der Waals surface area contributed by atoms with Crippen molar-refractivity contribution in [3.63, 3.8) is 0 Å². The first-order valence-electron chi connectivity index (χ1n) is 7.97. The van der Waals surface area contributed by atoms with Crippen molar-refractivity contribution in [3.8, 4) is 0 Å². The molecule has 0 atom stereocenters. The average molecular weight is 352 g/mol. The minimum Gasteiger partial charge on any atom is -0.494 e. The van der Waals surface area contributed by atoms with Crippen molar-refractivity contribution in [2.24, 2.45) is 0 Å². The van der Waals surface area contributed by atoms with Gasteiger partial charge in [-0.1, -0.05) is 53.8 Å². The van der Waals surface area contributed by atoms with E-state index in [2.05, 4.69) is 4.98 Å². The Kier molecular flexibility index (Phi) is 4.35. The molecule has 6 heteroatoms. The van der Waals surface area contributed by atoms with E-state index >= 15 is 0 Å². The van der Waals surface area contributed by atoms with E-state index in [1.165, 1.54) is 17.6 Å². The molecule has 1 aliphatic heterocycles. The maximum absolute atomic E-state index is 13.0. The van der Waals surface area contributed by atoms with Crippen molar-refractivity contribution in [3.05, 3.63) is 72.2 Å². The number of amides is 1. The number of aromatic nitrogens is 1. The molecule has 2 aromatic carbocycles. The summed E-state index contributed by atoms with van der Waals surface area (Å²) in [5, 5.41) is 0.644. The maximum atomic E-state index is 13.0. The Hall–Kier alpha value is -2.86. The smallest absolute Gasteiger partial charge is 0.298 e. The fourth-order valence-corrected chi connectivity index (χ4v) is 3.54. The second-order valence-electron chi connectivity index (χ2n) is 5.54. The largest absolute Gasteiger partial charge is 0.494 e. The zero-order chi connectivity index (χ0) is 17.1. The van der Waals surface area contributed by atoms with Gasteiger partial charge in [0.1, 0.15) is 19.5 Å². The summed E-state index contributed by atoms with van der Waals surface area (Å²) in [6.45, 7) is 1.24. The topological polar surface area (TPSA) is 51.7 Å². The number of ether oxygens (including phenoxy) is 2. The number of carbonyl (C=O) groups excluding carboxylic acids is 1. The van der Waals surface area contributed by atoms with Crippen LogP contribution in [0.25, 0.3) is 10.2 Å². The summed E-state index contributed by atoms with van der Waals surface area (Å²) < 4.78 is 11.8. The molecule has 3 aromatic rings. The quantitative estimate of drug-likeness (QED) is 0.718. The van der Waals surface area contributed by atoms with Crippen LogP contribution in [-0.4, -0.2) is 24.1 Å². The second kappa shape index (κ2) is 6.94. The van der Waals surface area contributed by atoms with Gasteiger partial charge in [0.2, 0.25) is 5.76 Å². The molecule has 1 aliphatic rings. The molecule has 1 aromatic heterocycles. The summed E-state index contributed by atoms with van der Waals surface area (Å²) in [6.07, 6.45) is 1.39. The van der Waals surface area contributed by atoms with E-state index in [1.807, 2.05) is 54.6 Å². The third-order valence-electron chi connectivity index (χ3n) is 3.80. The first kappa shape index (κ1) is 15.7. The molecule has 0 aliphatic carbocycles. The average Bonchev–Trinajstić information content (AvgIpc) is 3.11. The second-order valence-corrected chi connectivity index (χ2v) is 6.55. The predicted octanol–water partition coefficient (Wildman–Crippen LogP) is 3.72. The van der Waals surface area contributed by atoms with E-state index in [0.717, 1.165) is 15.8 Å². The van der Waals surface area contributed by atoms with Crippen LogP contribution in [0, 0.1) is 0 Å². The van der Waals surface area contributed by atoms with Crippen LogP contribution in [-0.2, 0) is 20.8 Å². The molecule has 4 rings (SSSR count). The molecule has 0 radical (unpaired) electrons. The molecule has 2 heterocycles. The molecule has 0 fully saturated rings. The Morgan fingerprint density at radius 2 is 1.88 bits per heavy atom. The molecule has 0 saturated heterocycles. The third-order valence-corrected chi connectivity index (χ3v) is 4.86. The van der Waals surface area contributed by atoms with Gasteiger partial charge in [-0.15, -0.1) is 0 Å². The van der Waals surface area contributed by atoms with Crippen molar-refractivity contribution in [1.82, 2.24) is 4.98 Å². The van der Waals surface area contributed by atoms with Gasteiger partial charge in [-0.3, -0.25) is 9.69 Å². The molecule has 0 N–H and O–H groups in total. The highest BCUT2D eigenvalue weighted by molar-refractivity contribution is 7.22. The number of hydrogen-bond acceptors (Lipinski definition) is 5. The number of hydrogen-bond donors (Lipinski definition) is 0. The van der Waals surface area contributed by atoms with Crippen LogP contribution in [0.2, 0.25) is 0 Å². The SMILES string of the molecule is O=C(C1=COCCO1)N(Cc1ccccc1)c1nc2ccccc2s1. The minimum atomic E-state index is -0.248. The lowest BCUT2D eigenvalue weighted by Gasteiger charge is -2.23. The van der Waals surface area contributed by atoms with Crippen molar-refractivity contribution in [1.29, 1.82) is 0 Å². The van der Waals surface area contributed by atoms with E-state index in [-0.39, 0.29) is 11.7 Å². The third kappa shape index (κ3) is 3.34. The molecule has 0 unspecified atom stereocenters. The van der Waals surface area contributed by atoms with Crippen molar-refractivity contribution in [2.45, 2.75) is 6.54 Å². The number of benzene rings is 2. The van der Waals surface area contributed by atoms with Gasteiger partial charge in [-0.25, -0.2) is 4.98 Å². The Labute approximate surface area is 149 Å². The number of thiazole rings is 1. The molecule has 126 valence electrons. The van der Waals surface area contributed by atoms with Gasteiger partial charge in [0.15, 0.2) is 5.13 Å². The molecule has 0 spiro atoms. The Morgan fingerprint density at radius 3 is 2.64 bits per heavy atom. The summed E-state index contributed by atoms with van der Waals surface area (Å²) in [7, 11) is 0. The zero-order valence-corrected chi connectivity index (χ0v) is 14.2. The minimum absolute atomic E-state index is 0.210. The molecule has 0 saturated carbocycles.